The summed E-state index contributed by atoms with van der Waals surface area (Å²) in [7, 11) is 0. The van der Waals surface area contributed by atoms with Crippen molar-refractivity contribution in [1.29, 1.82) is 0 Å². The summed E-state index contributed by atoms with van der Waals surface area (Å²) in [6.45, 7) is 10.2. The molecular weight excluding hydrogens is 356 g/mol. The van der Waals surface area contributed by atoms with Crippen LogP contribution < -0.4 is 5.73 Å². The van der Waals surface area contributed by atoms with E-state index in [1.54, 1.807) is 0 Å². The fourth-order valence-electron chi connectivity index (χ4n) is 3.33. The predicted octanol–water partition coefficient (Wildman–Crippen LogP) is 3.07. The Kier molecular flexibility index (Phi) is 4.60. The van der Waals surface area contributed by atoms with Gasteiger partial charge in [-0.1, -0.05) is 0 Å². The van der Waals surface area contributed by atoms with Crippen molar-refractivity contribution >= 4 is 32.9 Å². The van der Waals surface area contributed by atoms with Gasteiger partial charge >= 0.3 is 0 Å². The Labute approximate surface area is 145 Å². The number of halogens is 1. The highest BCUT2D eigenvalue weighted by Crippen LogP contribution is 2.28. The minimum Gasteiger partial charge on any atom is -0.382 e. The van der Waals surface area contributed by atoms with E-state index < -0.39 is 0 Å². The minimum atomic E-state index is 0.281. The van der Waals surface area contributed by atoms with E-state index in [0.717, 1.165) is 29.3 Å². The van der Waals surface area contributed by atoms with Gasteiger partial charge in [0.2, 0.25) is 0 Å². The van der Waals surface area contributed by atoms with Crippen molar-refractivity contribution in [3.05, 3.63) is 11.1 Å². The molecule has 3 rings (SSSR count). The second-order valence-electron chi connectivity index (χ2n) is 7.35. The lowest BCUT2D eigenvalue weighted by atomic mass is 9.91. The molecule has 1 fully saturated rings. The Morgan fingerprint density at radius 1 is 1.26 bits per heavy atom. The predicted molar refractivity (Wildman–Crippen MR) is 96.1 cm³/mol. The summed E-state index contributed by atoms with van der Waals surface area (Å²) < 4.78 is 2.88. The first-order chi connectivity index (χ1) is 10.9. The van der Waals surface area contributed by atoms with Crippen LogP contribution in [-0.2, 0) is 6.54 Å². The molecule has 1 aliphatic rings. The van der Waals surface area contributed by atoms with Crippen molar-refractivity contribution in [3.63, 3.8) is 0 Å². The SMILES string of the molecule is CC(C)(C)N1CCC(CCn2c(Br)nc3c(N)ncnc32)CC1. The Hall–Kier alpha value is -1.21. The van der Waals surface area contributed by atoms with Gasteiger partial charge in [-0.05, 0) is 75.0 Å². The Morgan fingerprint density at radius 2 is 1.96 bits per heavy atom. The third kappa shape index (κ3) is 3.50. The van der Waals surface area contributed by atoms with Crippen LogP contribution in [0.3, 0.4) is 0 Å². The van der Waals surface area contributed by atoms with E-state index in [4.69, 9.17) is 5.73 Å². The summed E-state index contributed by atoms with van der Waals surface area (Å²) in [6.07, 6.45) is 5.17. The molecule has 0 atom stereocenters. The molecule has 0 amide bonds. The maximum Gasteiger partial charge on any atom is 0.179 e. The van der Waals surface area contributed by atoms with E-state index in [0.29, 0.717) is 11.3 Å². The number of nitrogens with zero attached hydrogens (tertiary/aromatic N) is 5. The molecule has 2 N–H and O–H groups in total. The Bertz CT molecular complexity index is 682. The molecule has 0 aromatic carbocycles. The molecule has 6 nitrogen and oxygen atoms in total. The van der Waals surface area contributed by atoms with E-state index in [1.807, 2.05) is 0 Å². The number of nitrogen functional groups attached to an aromatic ring is 1. The maximum absolute atomic E-state index is 5.88. The molecule has 126 valence electrons. The van der Waals surface area contributed by atoms with Crippen molar-refractivity contribution in [1.82, 2.24) is 24.4 Å². The molecule has 7 heteroatoms. The number of aromatic nitrogens is 4. The van der Waals surface area contributed by atoms with Crippen LogP contribution in [0, 0.1) is 5.92 Å². The maximum atomic E-state index is 5.88. The molecule has 3 heterocycles. The largest absolute Gasteiger partial charge is 0.382 e. The standard InChI is InChI=1S/C16H25BrN6/c1-16(2,3)22-7-4-11(5-8-22)6-9-23-14-12(21-15(23)17)13(18)19-10-20-14/h10-11H,4-9H2,1-3H3,(H2,18,19,20). The first kappa shape index (κ1) is 16.6. The average molecular weight is 381 g/mol. The highest BCUT2D eigenvalue weighted by molar-refractivity contribution is 9.10. The molecule has 1 saturated heterocycles. The summed E-state index contributed by atoms with van der Waals surface area (Å²) in [5.41, 5.74) is 7.66. The summed E-state index contributed by atoms with van der Waals surface area (Å²) in [4.78, 5) is 15.4. The van der Waals surface area contributed by atoms with Gasteiger partial charge in [0.1, 0.15) is 6.33 Å². The minimum absolute atomic E-state index is 0.281. The highest BCUT2D eigenvalue weighted by atomic mass is 79.9. The molecule has 0 unspecified atom stereocenters. The number of piperidine rings is 1. The number of anilines is 1. The molecule has 23 heavy (non-hydrogen) atoms. The molecule has 0 aliphatic carbocycles. The van der Waals surface area contributed by atoms with Gasteiger partial charge in [0, 0.05) is 12.1 Å². The number of rotatable bonds is 3. The monoisotopic (exact) mass is 380 g/mol. The lowest BCUT2D eigenvalue weighted by molar-refractivity contribution is 0.0843. The van der Waals surface area contributed by atoms with Crippen LogP contribution in [0.1, 0.15) is 40.0 Å². The van der Waals surface area contributed by atoms with Crippen LogP contribution in [0.2, 0.25) is 0 Å². The van der Waals surface area contributed by atoms with Gasteiger partial charge in [0.25, 0.3) is 0 Å². The third-order valence-electron chi connectivity index (χ3n) is 4.84. The number of likely N-dealkylation sites (tertiary alicyclic amines) is 1. The summed E-state index contributed by atoms with van der Waals surface area (Å²) in [5.74, 6) is 1.20. The number of fused-ring (bicyclic) bond motifs is 1. The third-order valence-corrected chi connectivity index (χ3v) is 5.44. The van der Waals surface area contributed by atoms with E-state index in [2.05, 4.69) is 61.1 Å². The van der Waals surface area contributed by atoms with Gasteiger partial charge in [-0.15, -0.1) is 0 Å². The summed E-state index contributed by atoms with van der Waals surface area (Å²) in [6, 6.07) is 0. The molecule has 0 saturated carbocycles. The van der Waals surface area contributed by atoms with Crippen molar-refractivity contribution in [2.45, 2.75) is 52.1 Å². The highest BCUT2D eigenvalue weighted by Gasteiger charge is 2.27. The van der Waals surface area contributed by atoms with Gasteiger partial charge in [-0.25, -0.2) is 15.0 Å². The van der Waals surface area contributed by atoms with Crippen LogP contribution in [0.4, 0.5) is 5.82 Å². The summed E-state index contributed by atoms with van der Waals surface area (Å²) >= 11 is 3.52. The number of imidazole rings is 1. The van der Waals surface area contributed by atoms with E-state index in [-0.39, 0.29) is 5.54 Å². The van der Waals surface area contributed by atoms with Crippen LogP contribution in [0.5, 0.6) is 0 Å². The fourth-order valence-corrected chi connectivity index (χ4v) is 3.85. The van der Waals surface area contributed by atoms with Crippen LogP contribution in [0.15, 0.2) is 11.1 Å². The number of aryl methyl sites for hydroxylation is 1. The zero-order valence-corrected chi connectivity index (χ0v) is 15.7. The lowest BCUT2D eigenvalue weighted by Gasteiger charge is -2.41. The second-order valence-corrected chi connectivity index (χ2v) is 8.06. The second kappa shape index (κ2) is 6.36. The molecule has 0 radical (unpaired) electrons. The first-order valence-corrected chi connectivity index (χ1v) is 9.03. The van der Waals surface area contributed by atoms with Gasteiger partial charge in [-0.2, -0.15) is 0 Å². The van der Waals surface area contributed by atoms with E-state index >= 15 is 0 Å². The number of hydrogen-bond donors (Lipinski definition) is 1. The van der Waals surface area contributed by atoms with Crippen molar-refractivity contribution in [2.24, 2.45) is 5.92 Å². The first-order valence-electron chi connectivity index (χ1n) is 8.23. The van der Waals surface area contributed by atoms with Gasteiger partial charge in [0.05, 0.1) is 0 Å². The Morgan fingerprint density at radius 3 is 2.61 bits per heavy atom. The van der Waals surface area contributed by atoms with Crippen molar-refractivity contribution in [2.75, 3.05) is 18.8 Å². The smallest absolute Gasteiger partial charge is 0.179 e. The molecule has 0 spiro atoms. The average Bonchev–Trinajstić information content (AvgIpc) is 2.82. The quantitative estimate of drug-likeness (QED) is 0.828. The van der Waals surface area contributed by atoms with Gasteiger partial charge in [-0.3, -0.25) is 4.90 Å². The Balaban J connectivity index is 1.64. The molecule has 1 aliphatic heterocycles. The lowest BCUT2D eigenvalue weighted by Crippen LogP contribution is -2.46. The molecule has 2 aromatic heterocycles. The van der Waals surface area contributed by atoms with Gasteiger partial charge in [0.15, 0.2) is 21.7 Å². The number of hydrogen-bond acceptors (Lipinski definition) is 5. The molecular formula is C16H25BrN6. The molecule has 2 aromatic rings. The van der Waals surface area contributed by atoms with Crippen molar-refractivity contribution in [3.8, 4) is 0 Å². The molecule has 0 bridgehead atoms. The zero-order chi connectivity index (χ0) is 16.6. The van der Waals surface area contributed by atoms with Crippen LogP contribution in [0.25, 0.3) is 11.2 Å². The normalized spacial score (nSPS) is 17.9. The number of nitrogens with two attached hydrogens (primary N) is 1. The van der Waals surface area contributed by atoms with Gasteiger partial charge < -0.3 is 10.3 Å². The van der Waals surface area contributed by atoms with Crippen LogP contribution in [-0.4, -0.2) is 43.0 Å². The van der Waals surface area contributed by atoms with Crippen molar-refractivity contribution < 1.29 is 0 Å². The van der Waals surface area contributed by atoms with Crippen LogP contribution >= 0.6 is 15.9 Å². The zero-order valence-electron chi connectivity index (χ0n) is 14.1. The topological polar surface area (TPSA) is 72.9 Å². The van der Waals surface area contributed by atoms with E-state index in [9.17, 15) is 0 Å². The summed E-state index contributed by atoms with van der Waals surface area (Å²) in [5, 5.41) is 0. The fraction of sp³-hybridized carbons (Fsp3) is 0.688. The van der Waals surface area contributed by atoms with E-state index in [1.165, 1.54) is 32.3 Å².